The average molecular weight is 410 g/mol. The van der Waals surface area contributed by atoms with E-state index in [1.54, 1.807) is 20.5 Å². The molecule has 0 saturated carbocycles. The van der Waals surface area contributed by atoms with Crippen molar-refractivity contribution in [1.82, 2.24) is 0 Å². The van der Waals surface area contributed by atoms with Crippen LogP contribution in [0.5, 0.6) is 28.7 Å². The molecular weight excluding hydrogens is 384 g/mol. The molecule has 6 nitrogen and oxygen atoms in total. The first kappa shape index (κ1) is 20.0. The van der Waals surface area contributed by atoms with Crippen LogP contribution in [0.1, 0.15) is 24.8 Å². The maximum atomic E-state index is 6.14. The molecule has 30 heavy (non-hydrogen) atoms. The topological polar surface area (TPSA) is 59.3 Å². The lowest BCUT2D eigenvalue weighted by Crippen LogP contribution is -2.05. The number of furan rings is 1. The van der Waals surface area contributed by atoms with E-state index in [0.717, 1.165) is 53.0 Å². The van der Waals surface area contributed by atoms with Crippen LogP contribution in [-0.4, -0.2) is 34.0 Å². The minimum atomic E-state index is 0.567. The Bertz CT molecular complexity index is 998. The summed E-state index contributed by atoms with van der Waals surface area (Å²) in [6, 6.07) is 9.39. The van der Waals surface area contributed by atoms with E-state index in [-0.39, 0.29) is 0 Å². The lowest BCUT2D eigenvalue weighted by Gasteiger charge is -2.17. The molecule has 158 valence electrons. The normalized spacial score (nSPS) is 12.3. The molecule has 4 rings (SSSR count). The fourth-order valence-electron chi connectivity index (χ4n) is 3.42. The third kappa shape index (κ3) is 4.48. The summed E-state index contributed by atoms with van der Waals surface area (Å²) >= 11 is 0. The lowest BCUT2D eigenvalue weighted by molar-refractivity contribution is 0.277. The fraction of sp³-hybridized carbons (Fsp3) is 0.333. The summed E-state index contributed by atoms with van der Waals surface area (Å²) in [6.45, 7) is 1.81. The van der Waals surface area contributed by atoms with E-state index >= 15 is 0 Å². The number of hydrogen-bond donors (Lipinski definition) is 0. The van der Waals surface area contributed by atoms with Gasteiger partial charge in [0.05, 0.1) is 44.6 Å². The van der Waals surface area contributed by atoms with Gasteiger partial charge in [-0.15, -0.1) is 0 Å². The van der Waals surface area contributed by atoms with Crippen LogP contribution < -0.4 is 23.7 Å². The Balaban J connectivity index is 1.26. The van der Waals surface area contributed by atoms with Crippen molar-refractivity contribution in [3.63, 3.8) is 0 Å². The number of rotatable bonds is 10. The SMILES string of the molecule is COc1cc(OC)cc(OCCCCCOc2c3c(cc4occc24)OCC=C3)c1. The van der Waals surface area contributed by atoms with Gasteiger partial charge in [0, 0.05) is 24.3 Å². The largest absolute Gasteiger partial charge is 0.496 e. The Labute approximate surface area is 175 Å². The van der Waals surface area contributed by atoms with Gasteiger partial charge in [-0.2, -0.15) is 0 Å². The van der Waals surface area contributed by atoms with E-state index in [4.69, 9.17) is 28.1 Å². The Morgan fingerprint density at radius 3 is 2.37 bits per heavy atom. The third-order valence-corrected chi connectivity index (χ3v) is 4.96. The first-order valence-electron chi connectivity index (χ1n) is 10.1. The molecule has 0 unspecified atom stereocenters. The number of hydrogen-bond acceptors (Lipinski definition) is 6. The quantitative estimate of drug-likeness (QED) is 0.412. The first-order chi connectivity index (χ1) is 14.8. The second-order valence-electron chi connectivity index (χ2n) is 6.97. The van der Waals surface area contributed by atoms with E-state index in [1.165, 1.54) is 0 Å². The van der Waals surface area contributed by atoms with E-state index < -0.39 is 0 Å². The van der Waals surface area contributed by atoms with Gasteiger partial charge in [-0.3, -0.25) is 0 Å². The average Bonchev–Trinajstić information content (AvgIpc) is 3.25. The van der Waals surface area contributed by atoms with Gasteiger partial charge in [-0.05, 0) is 37.5 Å². The molecule has 0 bridgehead atoms. The molecule has 3 aromatic rings. The van der Waals surface area contributed by atoms with Gasteiger partial charge in [0.1, 0.15) is 40.9 Å². The second-order valence-corrected chi connectivity index (χ2v) is 6.97. The fourth-order valence-corrected chi connectivity index (χ4v) is 3.42. The van der Waals surface area contributed by atoms with Crippen LogP contribution in [0.25, 0.3) is 17.0 Å². The molecule has 0 amide bonds. The second kappa shape index (κ2) is 9.48. The third-order valence-electron chi connectivity index (χ3n) is 4.96. The molecule has 0 aliphatic carbocycles. The Morgan fingerprint density at radius 2 is 1.60 bits per heavy atom. The van der Waals surface area contributed by atoms with Crippen LogP contribution in [0.15, 0.2) is 47.1 Å². The van der Waals surface area contributed by atoms with Gasteiger partial charge < -0.3 is 28.1 Å². The molecule has 0 N–H and O–H groups in total. The summed E-state index contributed by atoms with van der Waals surface area (Å²) in [4.78, 5) is 0. The molecule has 1 aliphatic rings. The van der Waals surface area contributed by atoms with Crippen LogP contribution in [-0.2, 0) is 0 Å². The highest BCUT2D eigenvalue weighted by molar-refractivity contribution is 5.91. The lowest BCUT2D eigenvalue weighted by atomic mass is 10.1. The Hall–Kier alpha value is -3.28. The summed E-state index contributed by atoms with van der Waals surface area (Å²) in [6.07, 6.45) is 8.58. The number of unbranched alkanes of at least 4 members (excludes halogenated alkanes) is 2. The van der Waals surface area contributed by atoms with Gasteiger partial charge in [-0.1, -0.05) is 0 Å². The number of methoxy groups -OCH3 is 2. The molecular formula is C24H26O6. The van der Waals surface area contributed by atoms with Gasteiger partial charge >= 0.3 is 0 Å². The molecule has 0 atom stereocenters. The highest BCUT2D eigenvalue weighted by Crippen LogP contribution is 2.40. The Morgan fingerprint density at radius 1 is 0.867 bits per heavy atom. The van der Waals surface area contributed by atoms with E-state index in [1.807, 2.05) is 36.4 Å². The highest BCUT2D eigenvalue weighted by Gasteiger charge is 2.17. The minimum Gasteiger partial charge on any atom is -0.496 e. The summed E-state index contributed by atoms with van der Waals surface area (Å²) in [5, 5.41) is 0.971. The van der Waals surface area contributed by atoms with Crippen molar-refractivity contribution < 1.29 is 28.1 Å². The standard InChI is InChI=1S/C24H26O6/c1-25-17-13-18(26-2)15-19(14-17)27-9-4-3-5-10-30-24-20-7-6-11-28-22(20)16-23-21(24)8-12-29-23/h6-8,12-16H,3-5,9-11H2,1-2H3. The van der Waals surface area contributed by atoms with Gasteiger partial charge in [0.25, 0.3) is 0 Å². The maximum Gasteiger partial charge on any atom is 0.141 e. The van der Waals surface area contributed by atoms with Crippen LogP contribution in [0.4, 0.5) is 0 Å². The van der Waals surface area contributed by atoms with Crippen molar-refractivity contribution in [2.75, 3.05) is 34.0 Å². The van der Waals surface area contributed by atoms with Crippen LogP contribution in [0, 0.1) is 0 Å². The maximum absolute atomic E-state index is 6.14. The number of ether oxygens (including phenoxy) is 5. The molecule has 6 heteroatoms. The van der Waals surface area contributed by atoms with E-state index in [0.29, 0.717) is 31.3 Å². The van der Waals surface area contributed by atoms with Gasteiger partial charge in [0.2, 0.25) is 0 Å². The predicted molar refractivity (Wildman–Crippen MR) is 115 cm³/mol. The van der Waals surface area contributed by atoms with Crippen LogP contribution in [0.2, 0.25) is 0 Å². The summed E-state index contributed by atoms with van der Waals surface area (Å²) in [5.41, 5.74) is 1.76. The molecule has 0 radical (unpaired) electrons. The number of benzene rings is 2. The van der Waals surface area contributed by atoms with Gasteiger partial charge in [-0.25, -0.2) is 0 Å². The number of fused-ring (bicyclic) bond motifs is 2. The van der Waals surface area contributed by atoms with Crippen molar-refractivity contribution in [3.8, 4) is 28.7 Å². The van der Waals surface area contributed by atoms with Crippen LogP contribution >= 0.6 is 0 Å². The highest BCUT2D eigenvalue weighted by atomic mass is 16.5. The van der Waals surface area contributed by atoms with E-state index in [9.17, 15) is 0 Å². The molecule has 1 aliphatic heterocycles. The molecule has 2 aromatic carbocycles. The smallest absolute Gasteiger partial charge is 0.141 e. The van der Waals surface area contributed by atoms with Crippen molar-refractivity contribution in [1.29, 1.82) is 0 Å². The molecule has 0 spiro atoms. The zero-order chi connectivity index (χ0) is 20.8. The van der Waals surface area contributed by atoms with Crippen molar-refractivity contribution in [3.05, 3.63) is 48.2 Å². The zero-order valence-electron chi connectivity index (χ0n) is 17.3. The molecule has 0 fully saturated rings. The zero-order valence-corrected chi connectivity index (χ0v) is 17.3. The predicted octanol–water partition coefficient (Wildman–Crippen LogP) is 5.48. The van der Waals surface area contributed by atoms with E-state index in [2.05, 4.69) is 6.08 Å². The summed E-state index contributed by atoms with van der Waals surface area (Å²) in [5.74, 6) is 3.80. The minimum absolute atomic E-state index is 0.567. The van der Waals surface area contributed by atoms with Crippen molar-refractivity contribution >= 4 is 17.0 Å². The monoisotopic (exact) mass is 410 g/mol. The first-order valence-corrected chi connectivity index (χ1v) is 10.1. The van der Waals surface area contributed by atoms with Crippen molar-refractivity contribution in [2.24, 2.45) is 0 Å². The Kier molecular flexibility index (Phi) is 6.32. The van der Waals surface area contributed by atoms with Crippen molar-refractivity contribution in [2.45, 2.75) is 19.3 Å². The van der Waals surface area contributed by atoms with Crippen LogP contribution in [0.3, 0.4) is 0 Å². The van der Waals surface area contributed by atoms with Gasteiger partial charge in [0.15, 0.2) is 0 Å². The molecule has 0 saturated heterocycles. The summed E-state index contributed by atoms with van der Waals surface area (Å²) in [7, 11) is 3.25. The molecule has 1 aromatic heterocycles. The summed E-state index contributed by atoms with van der Waals surface area (Å²) < 4.78 is 33.8. The molecule has 2 heterocycles.